The monoisotopic (exact) mass is 362 g/mol. The van der Waals surface area contributed by atoms with Gasteiger partial charge in [0.2, 0.25) is 5.88 Å². The number of hydrogen-bond donors (Lipinski definition) is 1. The Morgan fingerprint density at radius 3 is 2.72 bits per heavy atom. The Morgan fingerprint density at radius 2 is 2.04 bits per heavy atom. The van der Waals surface area contributed by atoms with E-state index in [0.29, 0.717) is 30.6 Å². The van der Waals surface area contributed by atoms with E-state index in [1.54, 1.807) is 20.4 Å². The van der Waals surface area contributed by atoms with Crippen LogP contribution in [0, 0.1) is 0 Å². The number of nitrogens with zero attached hydrogens (tertiary/aromatic N) is 3. The molecule has 1 N–H and O–H groups in total. The molecule has 0 bridgehead atoms. The van der Waals surface area contributed by atoms with Gasteiger partial charge in [0.15, 0.2) is 5.96 Å². The molecule has 0 amide bonds. The van der Waals surface area contributed by atoms with Crippen LogP contribution in [0.3, 0.4) is 0 Å². The highest BCUT2D eigenvalue weighted by molar-refractivity contribution is 6.30. The Kier molecular flexibility index (Phi) is 7.35. The van der Waals surface area contributed by atoms with Gasteiger partial charge in [0, 0.05) is 37.4 Å². The lowest BCUT2D eigenvalue weighted by Gasteiger charge is -2.22. The molecular formula is C18H23ClN4O2. The third kappa shape index (κ3) is 5.83. The number of halogens is 1. The molecule has 0 atom stereocenters. The number of ether oxygens (including phenoxy) is 2. The molecule has 1 heterocycles. The van der Waals surface area contributed by atoms with Gasteiger partial charge in [-0.15, -0.1) is 0 Å². The molecule has 2 rings (SSSR count). The average Bonchev–Trinajstić information content (AvgIpc) is 2.64. The van der Waals surface area contributed by atoms with E-state index in [1.807, 2.05) is 48.3 Å². The second kappa shape index (κ2) is 9.74. The van der Waals surface area contributed by atoms with Crippen molar-refractivity contribution < 1.29 is 9.47 Å². The van der Waals surface area contributed by atoms with Gasteiger partial charge in [-0.1, -0.05) is 17.7 Å². The number of hydrogen-bond acceptors (Lipinski definition) is 4. The Morgan fingerprint density at radius 1 is 1.28 bits per heavy atom. The Balaban J connectivity index is 1.82. The second-order valence-electron chi connectivity index (χ2n) is 5.30. The number of methoxy groups -OCH3 is 1. The zero-order chi connectivity index (χ0) is 18.1. The first-order valence-electron chi connectivity index (χ1n) is 7.92. The number of pyridine rings is 1. The summed E-state index contributed by atoms with van der Waals surface area (Å²) in [6, 6.07) is 11.2. The van der Waals surface area contributed by atoms with Crippen molar-refractivity contribution in [3.8, 4) is 11.6 Å². The molecule has 1 aromatic heterocycles. The van der Waals surface area contributed by atoms with Crippen molar-refractivity contribution in [2.24, 2.45) is 4.99 Å². The van der Waals surface area contributed by atoms with Gasteiger partial charge in [-0.05, 0) is 30.3 Å². The van der Waals surface area contributed by atoms with Crippen LogP contribution in [0.2, 0.25) is 5.02 Å². The number of aromatic nitrogens is 1. The highest BCUT2D eigenvalue weighted by Crippen LogP contribution is 2.15. The summed E-state index contributed by atoms with van der Waals surface area (Å²) in [4.78, 5) is 10.5. The zero-order valence-corrected chi connectivity index (χ0v) is 15.5. The molecule has 0 aliphatic heterocycles. The number of nitrogens with one attached hydrogen (secondary N) is 1. The number of guanidine groups is 1. The van der Waals surface area contributed by atoms with Crippen LogP contribution in [0.25, 0.3) is 0 Å². The summed E-state index contributed by atoms with van der Waals surface area (Å²) in [6.45, 7) is 1.80. The van der Waals surface area contributed by atoms with Crippen LogP contribution >= 0.6 is 11.6 Å². The number of aliphatic imine (C=N–C) groups is 1. The molecule has 0 spiro atoms. The molecule has 0 unspecified atom stereocenters. The van der Waals surface area contributed by atoms with E-state index in [1.165, 1.54) is 0 Å². The smallest absolute Gasteiger partial charge is 0.218 e. The zero-order valence-electron chi connectivity index (χ0n) is 14.7. The molecule has 0 radical (unpaired) electrons. The Bertz CT molecular complexity index is 692. The normalized spacial score (nSPS) is 11.1. The summed E-state index contributed by atoms with van der Waals surface area (Å²) in [7, 11) is 5.32. The molecule has 25 heavy (non-hydrogen) atoms. The predicted molar refractivity (Wildman–Crippen MR) is 101 cm³/mol. The van der Waals surface area contributed by atoms with Crippen molar-refractivity contribution in [2.45, 2.75) is 6.54 Å². The highest BCUT2D eigenvalue weighted by atomic mass is 35.5. The van der Waals surface area contributed by atoms with Gasteiger partial charge in [0.25, 0.3) is 0 Å². The first-order chi connectivity index (χ1) is 12.1. The minimum Gasteiger partial charge on any atom is -0.492 e. The number of rotatable bonds is 7. The van der Waals surface area contributed by atoms with Crippen LogP contribution in [-0.2, 0) is 6.54 Å². The summed E-state index contributed by atoms with van der Waals surface area (Å²) in [6.07, 6.45) is 1.71. The highest BCUT2D eigenvalue weighted by Gasteiger charge is 2.08. The second-order valence-corrected chi connectivity index (χ2v) is 5.73. The Hall–Kier alpha value is -2.47. The van der Waals surface area contributed by atoms with Crippen LogP contribution in [0.4, 0.5) is 0 Å². The van der Waals surface area contributed by atoms with Crippen LogP contribution in [0.1, 0.15) is 5.56 Å². The average molecular weight is 363 g/mol. The van der Waals surface area contributed by atoms with Crippen molar-refractivity contribution in [1.29, 1.82) is 0 Å². The van der Waals surface area contributed by atoms with E-state index in [2.05, 4.69) is 15.3 Å². The fraction of sp³-hybridized carbons (Fsp3) is 0.333. The molecule has 0 saturated heterocycles. The summed E-state index contributed by atoms with van der Waals surface area (Å²) < 4.78 is 11.0. The van der Waals surface area contributed by atoms with Gasteiger partial charge in [-0.25, -0.2) is 4.98 Å². The third-order valence-corrected chi connectivity index (χ3v) is 3.81. The van der Waals surface area contributed by atoms with Crippen LogP contribution in [0.5, 0.6) is 11.6 Å². The largest absolute Gasteiger partial charge is 0.492 e. The fourth-order valence-electron chi connectivity index (χ4n) is 2.24. The first kappa shape index (κ1) is 18.9. The van der Waals surface area contributed by atoms with Crippen molar-refractivity contribution >= 4 is 17.6 Å². The third-order valence-electron chi connectivity index (χ3n) is 3.56. The maximum atomic E-state index is 5.86. The van der Waals surface area contributed by atoms with Crippen LogP contribution in [0.15, 0.2) is 47.6 Å². The van der Waals surface area contributed by atoms with E-state index in [9.17, 15) is 0 Å². The first-order valence-corrected chi connectivity index (χ1v) is 8.30. The standard InChI is InChI=1S/C18H23ClN4O2/c1-20-18(22-13-14-5-4-10-21-17(14)24-3)23(2)11-12-25-16-8-6-15(19)7-9-16/h4-10H,11-13H2,1-3H3,(H,20,22). The summed E-state index contributed by atoms with van der Waals surface area (Å²) in [5, 5.41) is 3.99. The van der Waals surface area contributed by atoms with Crippen molar-refractivity contribution in [3.63, 3.8) is 0 Å². The van der Waals surface area contributed by atoms with Gasteiger partial charge >= 0.3 is 0 Å². The van der Waals surface area contributed by atoms with Gasteiger partial charge in [0.1, 0.15) is 12.4 Å². The van der Waals surface area contributed by atoms with E-state index in [0.717, 1.165) is 17.3 Å². The van der Waals surface area contributed by atoms with Crippen LogP contribution in [-0.4, -0.2) is 50.2 Å². The lowest BCUT2D eigenvalue weighted by Crippen LogP contribution is -2.40. The fourth-order valence-corrected chi connectivity index (χ4v) is 2.36. The number of likely N-dealkylation sites (N-methyl/N-ethyl adjacent to an activating group) is 1. The maximum absolute atomic E-state index is 5.86. The lowest BCUT2D eigenvalue weighted by molar-refractivity contribution is 0.281. The molecule has 2 aromatic rings. The Labute approximate surface area is 153 Å². The van der Waals surface area contributed by atoms with Crippen LogP contribution < -0.4 is 14.8 Å². The summed E-state index contributed by atoms with van der Waals surface area (Å²) in [5.41, 5.74) is 0.969. The molecular weight excluding hydrogens is 340 g/mol. The van der Waals surface area contributed by atoms with Crippen molar-refractivity contribution in [2.75, 3.05) is 34.4 Å². The van der Waals surface area contributed by atoms with Gasteiger partial charge in [0.05, 0.1) is 13.7 Å². The van der Waals surface area contributed by atoms with E-state index < -0.39 is 0 Å². The van der Waals surface area contributed by atoms with Crippen molar-refractivity contribution in [1.82, 2.24) is 15.2 Å². The molecule has 0 aliphatic carbocycles. The quantitative estimate of drug-likeness (QED) is 0.606. The van der Waals surface area contributed by atoms with E-state index >= 15 is 0 Å². The molecule has 0 aliphatic rings. The molecule has 7 heteroatoms. The minimum atomic E-state index is 0.537. The topological polar surface area (TPSA) is 59.0 Å². The molecule has 0 saturated carbocycles. The van der Waals surface area contributed by atoms with E-state index in [4.69, 9.17) is 21.1 Å². The van der Waals surface area contributed by atoms with E-state index in [-0.39, 0.29) is 0 Å². The lowest BCUT2D eigenvalue weighted by atomic mass is 10.2. The minimum absolute atomic E-state index is 0.537. The van der Waals surface area contributed by atoms with Gasteiger partial charge in [-0.2, -0.15) is 0 Å². The molecule has 6 nitrogen and oxygen atoms in total. The maximum Gasteiger partial charge on any atom is 0.218 e. The summed E-state index contributed by atoms with van der Waals surface area (Å²) >= 11 is 5.86. The van der Waals surface area contributed by atoms with Crippen molar-refractivity contribution in [3.05, 3.63) is 53.2 Å². The predicted octanol–water partition coefficient (Wildman–Crippen LogP) is 2.83. The summed E-state index contributed by atoms with van der Waals surface area (Å²) in [5.74, 6) is 2.17. The molecule has 0 fully saturated rings. The van der Waals surface area contributed by atoms with Gasteiger partial charge < -0.3 is 19.7 Å². The molecule has 134 valence electrons. The van der Waals surface area contributed by atoms with Gasteiger partial charge in [-0.3, -0.25) is 4.99 Å². The number of benzene rings is 1. The SMILES string of the molecule is CN=C(NCc1cccnc1OC)N(C)CCOc1ccc(Cl)cc1. The molecule has 1 aromatic carbocycles.